The fourth-order valence-corrected chi connectivity index (χ4v) is 1.67. The monoisotopic (exact) mass is 314 g/mol. The zero-order chi connectivity index (χ0) is 17.8. The van der Waals surface area contributed by atoms with E-state index in [1.54, 1.807) is 6.20 Å². The van der Waals surface area contributed by atoms with E-state index in [1.807, 2.05) is 33.2 Å². The van der Waals surface area contributed by atoms with Gasteiger partial charge in [-0.25, -0.2) is 9.97 Å². The molecule has 0 aliphatic carbocycles. The summed E-state index contributed by atoms with van der Waals surface area (Å²) in [7, 11) is 0. The van der Waals surface area contributed by atoms with Crippen LogP contribution in [0.25, 0.3) is 0 Å². The molecule has 0 fully saturated rings. The molecule has 0 unspecified atom stereocenters. The summed E-state index contributed by atoms with van der Waals surface area (Å²) in [4.78, 5) is 17.2. The quantitative estimate of drug-likeness (QED) is 0.719. The van der Waals surface area contributed by atoms with Crippen LogP contribution in [0.4, 0.5) is 0 Å². The Balaban J connectivity index is 0.000000231. The molecule has 4 heteroatoms. The van der Waals surface area contributed by atoms with Crippen LogP contribution in [0.15, 0.2) is 18.6 Å². The van der Waals surface area contributed by atoms with E-state index in [0.29, 0.717) is 0 Å². The fraction of sp³-hybridized carbons (Fsp3) is 0.579. The molecule has 0 aromatic carbocycles. The molecule has 126 valence electrons. The molecular weight excluding hydrogens is 284 g/mol. The summed E-state index contributed by atoms with van der Waals surface area (Å²) >= 11 is 0. The molecule has 0 aliphatic rings. The minimum Gasteiger partial charge on any atom is -0.258 e. The van der Waals surface area contributed by atoms with Crippen molar-refractivity contribution >= 4 is 0 Å². The topological polar surface area (TPSA) is 51.6 Å². The largest absolute Gasteiger partial charge is 0.258 e. The van der Waals surface area contributed by atoms with Crippen molar-refractivity contribution in [2.75, 3.05) is 0 Å². The second-order valence-corrected chi connectivity index (χ2v) is 8.01. The molecule has 2 aromatic heterocycles. The van der Waals surface area contributed by atoms with Crippen LogP contribution < -0.4 is 0 Å². The lowest BCUT2D eigenvalue weighted by molar-refractivity contribution is 0.542. The number of hydrogen-bond donors (Lipinski definition) is 0. The highest BCUT2D eigenvalue weighted by Crippen LogP contribution is 2.19. The van der Waals surface area contributed by atoms with Crippen LogP contribution in [0.3, 0.4) is 0 Å². The summed E-state index contributed by atoms with van der Waals surface area (Å²) in [5, 5.41) is 0. The maximum atomic E-state index is 4.43. The van der Waals surface area contributed by atoms with E-state index in [9.17, 15) is 0 Å². The highest BCUT2D eigenvalue weighted by Gasteiger charge is 2.17. The van der Waals surface area contributed by atoms with Gasteiger partial charge in [0.15, 0.2) is 0 Å². The summed E-state index contributed by atoms with van der Waals surface area (Å²) < 4.78 is 0. The molecule has 23 heavy (non-hydrogen) atoms. The summed E-state index contributed by atoms with van der Waals surface area (Å²) in [5.74, 6) is 0.922. The van der Waals surface area contributed by atoms with Gasteiger partial charge in [-0.2, -0.15) is 0 Å². The Labute approximate surface area is 140 Å². The van der Waals surface area contributed by atoms with Crippen molar-refractivity contribution < 1.29 is 0 Å². The molecule has 0 atom stereocenters. The van der Waals surface area contributed by atoms with E-state index >= 15 is 0 Å². The molecule has 2 rings (SSSR count). The van der Waals surface area contributed by atoms with E-state index in [2.05, 4.69) is 61.5 Å². The van der Waals surface area contributed by atoms with Gasteiger partial charge in [-0.05, 0) is 26.3 Å². The Morgan fingerprint density at radius 1 is 0.696 bits per heavy atom. The maximum Gasteiger partial charge on any atom is 0.133 e. The van der Waals surface area contributed by atoms with Crippen LogP contribution in [0.5, 0.6) is 0 Å². The van der Waals surface area contributed by atoms with Gasteiger partial charge in [-0.1, -0.05) is 41.5 Å². The lowest BCUT2D eigenvalue weighted by Gasteiger charge is -2.16. The normalized spacial score (nSPS) is 11.7. The average molecular weight is 314 g/mol. The molecule has 0 N–H and O–H groups in total. The minimum absolute atomic E-state index is 0.0540. The van der Waals surface area contributed by atoms with Crippen LogP contribution in [0, 0.1) is 20.8 Å². The molecule has 0 saturated heterocycles. The van der Waals surface area contributed by atoms with E-state index in [0.717, 1.165) is 28.5 Å². The molecule has 0 spiro atoms. The first-order valence-electron chi connectivity index (χ1n) is 8.01. The first kappa shape index (κ1) is 19.2. The predicted octanol–water partition coefficient (Wildman–Crippen LogP) is 4.47. The maximum absolute atomic E-state index is 4.43. The first-order chi connectivity index (χ1) is 10.4. The van der Waals surface area contributed by atoms with Crippen molar-refractivity contribution in [3.05, 3.63) is 47.1 Å². The Morgan fingerprint density at radius 2 is 1.30 bits per heavy atom. The summed E-state index contributed by atoms with van der Waals surface area (Å²) in [6, 6.07) is 0. The van der Waals surface area contributed by atoms with Crippen molar-refractivity contribution in [3.63, 3.8) is 0 Å². The highest BCUT2D eigenvalue weighted by molar-refractivity contribution is 5.16. The molecule has 0 saturated carbocycles. The Hall–Kier alpha value is -1.84. The van der Waals surface area contributed by atoms with Crippen molar-refractivity contribution in [3.8, 4) is 0 Å². The van der Waals surface area contributed by atoms with Crippen LogP contribution in [0.1, 0.15) is 70.0 Å². The smallest absolute Gasteiger partial charge is 0.133 e. The van der Waals surface area contributed by atoms with Gasteiger partial charge < -0.3 is 0 Å². The predicted molar refractivity (Wildman–Crippen MR) is 95.7 cm³/mol. The van der Waals surface area contributed by atoms with Crippen molar-refractivity contribution in [1.29, 1.82) is 0 Å². The third-order valence-corrected chi connectivity index (χ3v) is 3.44. The standard InChI is InChI=1S/C10H16N2.C9H14N2/c1-7-6-11-9(10(3,4)5)12-8(7)2;1-7-5-11-8(6-10-7)9(2,3)4/h6H,1-5H3;5-6H,1-4H3. The number of rotatable bonds is 0. The molecule has 0 amide bonds. The summed E-state index contributed by atoms with van der Waals surface area (Å²) in [6.07, 6.45) is 5.54. The van der Waals surface area contributed by atoms with Crippen LogP contribution in [0.2, 0.25) is 0 Å². The second-order valence-electron chi connectivity index (χ2n) is 8.01. The van der Waals surface area contributed by atoms with Crippen molar-refractivity contribution in [2.45, 2.75) is 73.1 Å². The van der Waals surface area contributed by atoms with Gasteiger partial charge >= 0.3 is 0 Å². The number of aromatic nitrogens is 4. The van der Waals surface area contributed by atoms with E-state index in [1.165, 1.54) is 0 Å². The second kappa shape index (κ2) is 7.16. The Morgan fingerprint density at radius 3 is 1.70 bits per heavy atom. The van der Waals surface area contributed by atoms with Crippen LogP contribution in [-0.4, -0.2) is 19.9 Å². The van der Waals surface area contributed by atoms with Gasteiger partial charge in [0.1, 0.15) is 5.82 Å². The number of hydrogen-bond acceptors (Lipinski definition) is 4. The highest BCUT2D eigenvalue weighted by atomic mass is 14.9. The summed E-state index contributed by atoms with van der Waals surface area (Å²) in [6.45, 7) is 18.8. The molecule has 0 bridgehead atoms. The average Bonchev–Trinajstić information content (AvgIpc) is 2.41. The van der Waals surface area contributed by atoms with E-state index in [-0.39, 0.29) is 10.8 Å². The SMILES string of the molecule is Cc1cnc(C(C)(C)C)cn1.Cc1cnc(C(C)(C)C)nc1C. The third-order valence-electron chi connectivity index (χ3n) is 3.44. The Bertz CT molecular complexity index is 632. The van der Waals surface area contributed by atoms with Gasteiger partial charge in [0.05, 0.1) is 11.4 Å². The van der Waals surface area contributed by atoms with Crippen molar-refractivity contribution in [1.82, 2.24) is 19.9 Å². The lowest BCUT2D eigenvalue weighted by Crippen LogP contribution is -2.16. The van der Waals surface area contributed by atoms with E-state index < -0.39 is 0 Å². The molecular formula is C19H30N4. The van der Waals surface area contributed by atoms with Crippen LogP contribution >= 0.6 is 0 Å². The summed E-state index contributed by atoms with van der Waals surface area (Å²) in [5.41, 5.74) is 4.41. The molecule has 0 aliphatic heterocycles. The third kappa shape index (κ3) is 6.05. The lowest BCUT2D eigenvalue weighted by atomic mass is 9.93. The number of nitrogens with zero attached hydrogens (tertiary/aromatic N) is 4. The fourth-order valence-electron chi connectivity index (χ4n) is 1.67. The first-order valence-corrected chi connectivity index (χ1v) is 8.01. The zero-order valence-electron chi connectivity index (χ0n) is 16.0. The van der Waals surface area contributed by atoms with Gasteiger partial charge in [0.25, 0.3) is 0 Å². The van der Waals surface area contributed by atoms with Gasteiger partial charge in [0.2, 0.25) is 0 Å². The van der Waals surface area contributed by atoms with Gasteiger partial charge in [-0.3, -0.25) is 9.97 Å². The van der Waals surface area contributed by atoms with Crippen molar-refractivity contribution in [2.24, 2.45) is 0 Å². The van der Waals surface area contributed by atoms with Gasteiger partial charge in [-0.15, -0.1) is 0 Å². The zero-order valence-corrected chi connectivity index (χ0v) is 16.0. The number of aryl methyl sites for hydroxylation is 3. The van der Waals surface area contributed by atoms with Crippen LogP contribution in [-0.2, 0) is 10.8 Å². The van der Waals surface area contributed by atoms with E-state index in [4.69, 9.17) is 0 Å². The molecule has 2 aromatic rings. The Kier molecular flexibility index (Phi) is 5.98. The minimum atomic E-state index is 0.0540. The molecule has 0 radical (unpaired) electrons. The molecule has 2 heterocycles. The molecule has 4 nitrogen and oxygen atoms in total. The van der Waals surface area contributed by atoms with Gasteiger partial charge in [0, 0.05) is 35.1 Å².